The van der Waals surface area contributed by atoms with Crippen molar-refractivity contribution in [3.63, 3.8) is 0 Å². The van der Waals surface area contributed by atoms with Crippen molar-refractivity contribution in [3.05, 3.63) is 59.8 Å². The van der Waals surface area contributed by atoms with Crippen LogP contribution in [0.25, 0.3) is 22.3 Å². The van der Waals surface area contributed by atoms with E-state index < -0.39 is 0 Å². The molecule has 0 radical (unpaired) electrons. The van der Waals surface area contributed by atoms with E-state index in [1.165, 1.54) is 12.4 Å². The Bertz CT molecular complexity index is 1440. The number of hydrogen-bond acceptors (Lipinski definition) is 6. The third-order valence-electron chi connectivity index (χ3n) is 6.36. The molecule has 10 nitrogen and oxygen atoms in total. The second kappa shape index (κ2) is 9.19. The maximum Gasteiger partial charge on any atom is 0.257 e. The van der Waals surface area contributed by atoms with Crippen molar-refractivity contribution >= 4 is 28.5 Å². The molecule has 0 saturated carbocycles. The molecule has 0 bridgehead atoms. The summed E-state index contributed by atoms with van der Waals surface area (Å²) in [5.74, 6) is -0.535. The third-order valence-corrected chi connectivity index (χ3v) is 6.36. The normalized spacial score (nSPS) is 15.0. The Balaban J connectivity index is 1.25. The standard InChI is InChI=1S/C26H30N8O2/c1-16-21(9-19(10-28-16)24(35)27-5-6-34-14-26(2,3)15-34)32-25(36)18-7-17-8-22(31-23(17)29-11-18)20-12-30-33(4)13-20/h7-13H,5-6,14-15H2,1-4H3,(H,27,35)(H,29,31)(H,32,36). The van der Waals surface area contributed by atoms with Gasteiger partial charge in [-0.2, -0.15) is 5.10 Å². The van der Waals surface area contributed by atoms with E-state index in [2.05, 4.69) is 49.4 Å². The molecule has 1 aliphatic rings. The van der Waals surface area contributed by atoms with Gasteiger partial charge in [0, 0.05) is 62.8 Å². The first-order valence-electron chi connectivity index (χ1n) is 11.9. The minimum atomic E-state index is -0.323. The number of nitrogens with zero attached hydrogens (tertiary/aromatic N) is 5. The maximum absolute atomic E-state index is 13.0. The van der Waals surface area contributed by atoms with Gasteiger partial charge in [0.25, 0.3) is 11.8 Å². The van der Waals surface area contributed by atoms with Crippen molar-refractivity contribution in [2.75, 3.05) is 31.5 Å². The number of H-pyrrole nitrogens is 1. The molecule has 1 saturated heterocycles. The molecular weight excluding hydrogens is 456 g/mol. The lowest BCUT2D eigenvalue weighted by Gasteiger charge is -2.45. The number of aromatic amines is 1. The van der Waals surface area contributed by atoms with Crippen LogP contribution in [0.3, 0.4) is 0 Å². The highest BCUT2D eigenvalue weighted by molar-refractivity contribution is 6.06. The van der Waals surface area contributed by atoms with Gasteiger partial charge in [0.1, 0.15) is 5.65 Å². The molecule has 36 heavy (non-hydrogen) atoms. The van der Waals surface area contributed by atoms with Crippen LogP contribution >= 0.6 is 0 Å². The van der Waals surface area contributed by atoms with E-state index in [-0.39, 0.29) is 11.8 Å². The maximum atomic E-state index is 13.0. The zero-order chi connectivity index (χ0) is 25.4. The van der Waals surface area contributed by atoms with E-state index in [9.17, 15) is 9.59 Å². The fraction of sp³-hybridized carbons (Fsp3) is 0.346. The summed E-state index contributed by atoms with van der Waals surface area (Å²) in [6, 6.07) is 5.38. The van der Waals surface area contributed by atoms with E-state index in [1.807, 2.05) is 19.3 Å². The number of hydrogen-bond donors (Lipinski definition) is 3. The van der Waals surface area contributed by atoms with Crippen LogP contribution in [-0.4, -0.2) is 67.6 Å². The molecular formula is C26H30N8O2. The molecule has 1 fully saturated rings. The molecule has 0 aromatic carbocycles. The lowest BCUT2D eigenvalue weighted by atomic mass is 9.84. The summed E-state index contributed by atoms with van der Waals surface area (Å²) < 4.78 is 1.73. The molecule has 3 N–H and O–H groups in total. The van der Waals surface area contributed by atoms with E-state index in [1.54, 1.807) is 29.9 Å². The van der Waals surface area contributed by atoms with Gasteiger partial charge in [-0.15, -0.1) is 0 Å². The minimum absolute atomic E-state index is 0.212. The summed E-state index contributed by atoms with van der Waals surface area (Å²) in [6.07, 6.45) is 6.73. The predicted molar refractivity (Wildman–Crippen MR) is 138 cm³/mol. The molecule has 5 rings (SSSR count). The Labute approximate surface area is 209 Å². The minimum Gasteiger partial charge on any atom is -0.351 e. The molecule has 4 aromatic heterocycles. The lowest BCUT2D eigenvalue weighted by molar-refractivity contribution is 0.0323. The average molecular weight is 487 g/mol. The van der Waals surface area contributed by atoms with Crippen LogP contribution in [0.15, 0.2) is 43.0 Å². The molecule has 0 unspecified atom stereocenters. The highest BCUT2D eigenvalue weighted by Crippen LogP contribution is 2.28. The number of fused-ring (bicyclic) bond motifs is 1. The van der Waals surface area contributed by atoms with Crippen molar-refractivity contribution in [1.29, 1.82) is 0 Å². The highest BCUT2D eigenvalue weighted by Gasteiger charge is 2.33. The van der Waals surface area contributed by atoms with E-state index in [0.29, 0.717) is 40.1 Å². The first-order valence-corrected chi connectivity index (χ1v) is 11.9. The van der Waals surface area contributed by atoms with Gasteiger partial charge in [-0.25, -0.2) is 4.98 Å². The van der Waals surface area contributed by atoms with Gasteiger partial charge >= 0.3 is 0 Å². The third kappa shape index (κ3) is 4.99. The highest BCUT2D eigenvalue weighted by atomic mass is 16.2. The number of anilines is 1. The summed E-state index contributed by atoms with van der Waals surface area (Å²) in [5.41, 5.74) is 4.78. The monoisotopic (exact) mass is 486 g/mol. The van der Waals surface area contributed by atoms with Gasteiger partial charge in [-0.3, -0.25) is 19.3 Å². The SMILES string of the molecule is Cc1ncc(C(=O)NCCN2CC(C)(C)C2)cc1NC(=O)c1cnc2[nH]c(-c3cnn(C)c3)cc2c1. The number of nitrogens with one attached hydrogen (secondary N) is 3. The number of carbonyl (C=O) groups is 2. The predicted octanol–water partition coefficient (Wildman–Crippen LogP) is 2.99. The molecule has 2 amide bonds. The number of aryl methyl sites for hydroxylation is 2. The Kier molecular flexibility index (Phi) is 6.05. The Hall–Kier alpha value is -4.05. The Morgan fingerprint density at radius 1 is 1.06 bits per heavy atom. The van der Waals surface area contributed by atoms with Crippen molar-refractivity contribution in [2.24, 2.45) is 12.5 Å². The molecule has 5 heterocycles. The molecule has 0 spiro atoms. The van der Waals surface area contributed by atoms with Gasteiger partial charge in [0.05, 0.1) is 34.4 Å². The van der Waals surface area contributed by atoms with Crippen LogP contribution in [0.4, 0.5) is 5.69 Å². The quantitative estimate of drug-likeness (QED) is 0.369. The Morgan fingerprint density at radius 3 is 2.53 bits per heavy atom. The number of carbonyl (C=O) groups excluding carboxylic acids is 2. The molecule has 10 heteroatoms. The van der Waals surface area contributed by atoms with Crippen molar-refractivity contribution in [3.8, 4) is 11.3 Å². The van der Waals surface area contributed by atoms with Crippen LogP contribution in [0.5, 0.6) is 0 Å². The molecule has 0 aliphatic carbocycles. The largest absolute Gasteiger partial charge is 0.351 e. The first kappa shape index (κ1) is 23.7. The fourth-order valence-electron chi connectivity index (χ4n) is 4.59. The lowest BCUT2D eigenvalue weighted by Crippen LogP contribution is -2.54. The number of likely N-dealkylation sites (tertiary alicyclic amines) is 1. The number of rotatable bonds is 7. The number of amides is 2. The topological polar surface area (TPSA) is 121 Å². The fourth-order valence-corrected chi connectivity index (χ4v) is 4.59. The average Bonchev–Trinajstić information content (AvgIpc) is 3.44. The van der Waals surface area contributed by atoms with Crippen LogP contribution in [0, 0.1) is 12.3 Å². The van der Waals surface area contributed by atoms with E-state index >= 15 is 0 Å². The van der Waals surface area contributed by atoms with Crippen molar-refractivity contribution in [1.82, 2.24) is 34.9 Å². The molecule has 1 aliphatic heterocycles. The first-order chi connectivity index (χ1) is 17.2. The summed E-state index contributed by atoms with van der Waals surface area (Å²) in [6.45, 7) is 9.72. The van der Waals surface area contributed by atoms with Gasteiger partial charge in [0.2, 0.25) is 0 Å². The van der Waals surface area contributed by atoms with Gasteiger partial charge < -0.3 is 20.5 Å². The van der Waals surface area contributed by atoms with E-state index in [4.69, 9.17) is 0 Å². The van der Waals surface area contributed by atoms with Gasteiger partial charge in [-0.1, -0.05) is 13.8 Å². The summed E-state index contributed by atoms with van der Waals surface area (Å²) >= 11 is 0. The van der Waals surface area contributed by atoms with Crippen LogP contribution in [-0.2, 0) is 7.05 Å². The summed E-state index contributed by atoms with van der Waals surface area (Å²) in [4.78, 5) is 39.9. The van der Waals surface area contributed by atoms with Crippen molar-refractivity contribution < 1.29 is 9.59 Å². The number of pyridine rings is 2. The van der Waals surface area contributed by atoms with Crippen molar-refractivity contribution in [2.45, 2.75) is 20.8 Å². The zero-order valence-electron chi connectivity index (χ0n) is 20.9. The molecule has 4 aromatic rings. The summed E-state index contributed by atoms with van der Waals surface area (Å²) in [7, 11) is 1.86. The van der Waals surface area contributed by atoms with E-state index in [0.717, 1.165) is 36.3 Å². The smallest absolute Gasteiger partial charge is 0.257 e. The second-order valence-electron chi connectivity index (χ2n) is 10.2. The number of aromatic nitrogens is 5. The molecule has 0 atom stereocenters. The Morgan fingerprint density at radius 2 is 1.81 bits per heavy atom. The zero-order valence-corrected chi connectivity index (χ0v) is 20.9. The van der Waals surface area contributed by atoms with Crippen LogP contribution in [0.2, 0.25) is 0 Å². The second-order valence-corrected chi connectivity index (χ2v) is 10.2. The summed E-state index contributed by atoms with van der Waals surface area (Å²) in [5, 5.41) is 10.8. The van der Waals surface area contributed by atoms with Crippen LogP contribution in [0.1, 0.15) is 40.3 Å². The van der Waals surface area contributed by atoms with Crippen LogP contribution < -0.4 is 10.6 Å². The van der Waals surface area contributed by atoms with Gasteiger partial charge in [-0.05, 0) is 30.5 Å². The molecule has 186 valence electrons. The van der Waals surface area contributed by atoms with Gasteiger partial charge in [0.15, 0.2) is 0 Å².